The Balaban J connectivity index is 3.88. The first-order valence-electron chi connectivity index (χ1n) is 4.55. The van der Waals surface area contributed by atoms with Gasteiger partial charge in [-0.25, -0.2) is 0 Å². The lowest BCUT2D eigenvalue weighted by molar-refractivity contribution is 0.324. The predicted octanol–water partition coefficient (Wildman–Crippen LogP) is 2.75. The molecule has 1 N–H and O–H groups in total. The molecule has 0 radical (unpaired) electrons. The molecule has 0 bridgehead atoms. The van der Waals surface area contributed by atoms with E-state index in [0.29, 0.717) is 5.92 Å². The zero-order valence-corrected chi connectivity index (χ0v) is 7.93. The molecular weight excluding hydrogens is 136 g/mol. The minimum absolute atomic E-state index is 0.234. The quantitative estimate of drug-likeness (QED) is 0.607. The van der Waals surface area contributed by atoms with Crippen molar-refractivity contribution in [2.45, 2.75) is 40.0 Å². The maximum Gasteiger partial charge on any atom is 0.0641 e. The Kier molecular flexibility index (Phi) is 6.24. The highest BCUT2D eigenvalue weighted by atomic mass is 16.3. The van der Waals surface area contributed by atoms with Gasteiger partial charge in [-0.3, -0.25) is 0 Å². The molecule has 1 heteroatoms. The average molecular weight is 156 g/mol. The van der Waals surface area contributed by atoms with Crippen LogP contribution in [0.4, 0.5) is 0 Å². The first-order chi connectivity index (χ1) is 5.24. The molecule has 66 valence electrons. The smallest absolute Gasteiger partial charge is 0.0641 e. The maximum absolute atomic E-state index is 8.93. The van der Waals surface area contributed by atoms with Crippen molar-refractivity contribution in [3.8, 4) is 0 Å². The summed E-state index contributed by atoms with van der Waals surface area (Å²) in [5, 5.41) is 8.93. The summed E-state index contributed by atoms with van der Waals surface area (Å²) in [4.78, 5) is 0. The molecule has 0 aliphatic rings. The van der Waals surface area contributed by atoms with Crippen LogP contribution in [0, 0.1) is 5.92 Å². The first kappa shape index (κ1) is 10.7. The van der Waals surface area contributed by atoms with E-state index in [1.54, 1.807) is 0 Å². The highest BCUT2D eigenvalue weighted by Gasteiger charge is 1.97. The molecule has 0 aromatic heterocycles. The minimum Gasteiger partial charge on any atom is -0.392 e. The summed E-state index contributed by atoms with van der Waals surface area (Å²) in [6, 6.07) is 0. The molecule has 0 saturated heterocycles. The molecule has 0 aromatic carbocycles. The molecule has 0 heterocycles. The van der Waals surface area contributed by atoms with Crippen LogP contribution in [-0.4, -0.2) is 11.7 Å². The van der Waals surface area contributed by atoms with Crippen molar-refractivity contribution in [3.05, 3.63) is 11.6 Å². The van der Waals surface area contributed by atoms with E-state index in [4.69, 9.17) is 5.11 Å². The van der Waals surface area contributed by atoms with Crippen molar-refractivity contribution in [1.29, 1.82) is 0 Å². The van der Waals surface area contributed by atoms with E-state index in [1.165, 1.54) is 5.57 Å². The third kappa shape index (κ3) is 5.02. The molecule has 0 rings (SSSR count). The number of aliphatic hydroxyl groups excluding tert-OH is 1. The summed E-state index contributed by atoms with van der Waals surface area (Å²) in [5.74, 6) is 0.615. The van der Waals surface area contributed by atoms with Crippen molar-refractivity contribution in [3.63, 3.8) is 0 Å². The van der Waals surface area contributed by atoms with Gasteiger partial charge in [0.1, 0.15) is 0 Å². The lowest BCUT2D eigenvalue weighted by Gasteiger charge is -2.05. The summed E-state index contributed by atoms with van der Waals surface area (Å²) >= 11 is 0. The predicted molar refractivity (Wildman–Crippen MR) is 49.5 cm³/mol. The third-order valence-electron chi connectivity index (χ3n) is 1.94. The first-order valence-corrected chi connectivity index (χ1v) is 4.55. The van der Waals surface area contributed by atoms with Gasteiger partial charge in [-0.2, -0.15) is 0 Å². The largest absolute Gasteiger partial charge is 0.392 e. The number of hydrogen-bond acceptors (Lipinski definition) is 1. The molecule has 0 aliphatic heterocycles. The highest BCUT2D eigenvalue weighted by molar-refractivity contribution is 5.03. The Hall–Kier alpha value is -0.300. The van der Waals surface area contributed by atoms with Gasteiger partial charge in [0.25, 0.3) is 0 Å². The Morgan fingerprint density at radius 1 is 1.45 bits per heavy atom. The lowest BCUT2D eigenvalue weighted by atomic mass is 10.0. The molecule has 0 aliphatic carbocycles. The molecular formula is C10H20O. The molecule has 1 atom stereocenters. The molecule has 0 aromatic rings. The third-order valence-corrected chi connectivity index (χ3v) is 1.94. The van der Waals surface area contributed by atoms with E-state index in [-0.39, 0.29) is 6.61 Å². The van der Waals surface area contributed by atoms with Crippen LogP contribution in [0.1, 0.15) is 40.0 Å². The Morgan fingerprint density at radius 3 is 2.45 bits per heavy atom. The van der Waals surface area contributed by atoms with Gasteiger partial charge in [-0.05, 0) is 17.9 Å². The average Bonchev–Trinajstić information content (AvgIpc) is 2.03. The number of aliphatic hydroxyl groups is 1. The molecule has 11 heavy (non-hydrogen) atoms. The fourth-order valence-corrected chi connectivity index (χ4v) is 1.06. The normalized spacial score (nSPS) is 15.1. The fourth-order valence-electron chi connectivity index (χ4n) is 1.06. The Bertz CT molecular complexity index is 116. The van der Waals surface area contributed by atoms with E-state index in [1.807, 2.05) is 0 Å². The van der Waals surface area contributed by atoms with E-state index < -0.39 is 0 Å². The number of hydrogen-bond donors (Lipinski definition) is 1. The van der Waals surface area contributed by atoms with Gasteiger partial charge in [-0.1, -0.05) is 39.7 Å². The topological polar surface area (TPSA) is 20.2 Å². The van der Waals surface area contributed by atoms with Gasteiger partial charge in [0.2, 0.25) is 0 Å². The minimum atomic E-state index is 0.234. The van der Waals surface area contributed by atoms with Crippen LogP contribution in [0.5, 0.6) is 0 Å². The molecule has 0 amide bonds. The molecule has 0 spiro atoms. The van der Waals surface area contributed by atoms with E-state index >= 15 is 0 Å². The summed E-state index contributed by atoms with van der Waals surface area (Å²) < 4.78 is 0. The van der Waals surface area contributed by atoms with Crippen LogP contribution >= 0.6 is 0 Å². The summed E-state index contributed by atoms with van der Waals surface area (Å²) in [6.07, 6.45) is 5.53. The zero-order chi connectivity index (χ0) is 8.69. The van der Waals surface area contributed by atoms with Crippen molar-refractivity contribution in [2.75, 3.05) is 6.61 Å². The molecule has 1 unspecified atom stereocenters. The van der Waals surface area contributed by atoms with Crippen molar-refractivity contribution in [2.24, 2.45) is 5.92 Å². The second-order valence-electron chi connectivity index (χ2n) is 3.12. The van der Waals surface area contributed by atoms with E-state index in [9.17, 15) is 0 Å². The Labute approximate surface area is 70.1 Å². The Morgan fingerprint density at radius 2 is 2.09 bits per heavy atom. The molecule has 0 saturated carbocycles. The van der Waals surface area contributed by atoms with Gasteiger partial charge in [0, 0.05) is 0 Å². The zero-order valence-electron chi connectivity index (χ0n) is 7.93. The van der Waals surface area contributed by atoms with Crippen LogP contribution < -0.4 is 0 Å². The van der Waals surface area contributed by atoms with Gasteiger partial charge in [0.05, 0.1) is 6.61 Å². The van der Waals surface area contributed by atoms with Gasteiger partial charge in [-0.15, -0.1) is 0 Å². The van der Waals surface area contributed by atoms with Crippen LogP contribution in [0.25, 0.3) is 0 Å². The SMILES string of the molecule is CCC/C(=C\C(C)CC)CO. The monoisotopic (exact) mass is 156 g/mol. The van der Waals surface area contributed by atoms with Gasteiger partial charge < -0.3 is 5.11 Å². The van der Waals surface area contributed by atoms with Crippen LogP contribution in [0.3, 0.4) is 0 Å². The van der Waals surface area contributed by atoms with Crippen LogP contribution in [-0.2, 0) is 0 Å². The van der Waals surface area contributed by atoms with Crippen LogP contribution in [0.15, 0.2) is 11.6 Å². The second-order valence-corrected chi connectivity index (χ2v) is 3.12. The van der Waals surface area contributed by atoms with Crippen molar-refractivity contribution >= 4 is 0 Å². The summed E-state index contributed by atoms with van der Waals surface area (Å²) in [6.45, 7) is 6.73. The second kappa shape index (κ2) is 6.41. The van der Waals surface area contributed by atoms with Gasteiger partial charge in [0.15, 0.2) is 0 Å². The van der Waals surface area contributed by atoms with Crippen molar-refractivity contribution in [1.82, 2.24) is 0 Å². The van der Waals surface area contributed by atoms with E-state index in [2.05, 4.69) is 26.8 Å². The molecule has 1 nitrogen and oxygen atoms in total. The standard InChI is InChI=1S/C10H20O/c1-4-6-10(8-11)7-9(3)5-2/h7,9,11H,4-6,8H2,1-3H3/b10-7+. The number of allylic oxidation sites excluding steroid dienone is 1. The lowest BCUT2D eigenvalue weighted by Crippen LogP contribution is -1.94. The number of rotatable bonds is 5. The van der Waals surface area contributed by atoms with E-state index in [0.717, 1.165) is 19.3 Å². The maximum atomic E-state index is 8.93. The summed E-state index contributed by atoms with van der Waals surface area (Å²) in [7, 11) is 0. The summed E-state index contributed by atoms with van der Waals surface area (Å²) in [5.41, 5.74) is 1.20. The molecule has 0 fully saturated rings. The highest BCUT2D eigenvalue weighted by Crippen LogP contribution is 2.10. The van der Waals surface area contributed by atoms with Gasteiger partial charge >= 0.3 is 0 Å². The van der Waals surface area contributed by atoms with Crippen molar-refractivity contribution < 1.29 is 5.11 Å². The fraction of sp³-hybridized carbons (Fsp3) is 0.800. The van der Waals surface area contributed by atoms with Crippen LogP contribution in [0.2, 0.25) is 0 Å².